The molecule has 0 radical (unpaired) electrons. The van der Waals surface area contributed by atoms with Crippen LogP contribution < -0.4 is 4.72 Å². The highest BCUT2D eigenvalue weighted by Crippen LogP contribution is 2.24. The maximum atomic E-state index is 12.1. The topological polar surface area (TPSA) is 95.9 Å². The van der Waals surface area contributed by atoms with Crippen molar-refractivity contribution >= 4 is 16.3 Å². The Morgan fingerprint density at radius 3 is 2.53 bits per heavy atom. The van der Waals surface area contributed by atoms with Gasteiger partial charge >= 0.3 is 16.3 Å². The van der Waals surface area contributed by atoms with Crippen LogP contribution in [0.2, 0.25) is 0 Å². The first-order chi connectivity index (χ1) is 9.01. The maximum Gasteiger partial charge on any atom is 0.421 e. The second-order valence-corrected chi connectivity index (χ2v) is 6.08. The highest BCUT2D eigenvalue weighted by atomic mass is 32.2. The van der Waals surface area contributed by atoms with Gasteiger partial charge in [0, 0.05) is 12.6 Å². The molecule has 1 aliphatic rings. The van der Waals surface area contributed by atoms with E-state index in [1.165, 1.54) is 4.31 Å². The number of hydrogen-bond donors (Lipinski definition) is 2. The zero-order chi connectivity index (χ0) is 14.3. The zero-order valence-electron chi connectivity index (χ0n) is 11.2. The molecule has 0 atom stereocenters. The van der Waals surface area contributed by atoms with Crippen LogP contribution in [0.25, 0.3) is 0 Å². The van der Waals surface area contributed by atoms with Crippen LogP contribution in [0.3, 0.4) is 0 Å². The van der Waals surface area contributed by atoms with E-state index in [-0.39, 0.29) is 25.8 Å². The van der Waals surface area contributed by atoms with Gasteiger partial charge in [-0.2, -0.15) is 12.7 Å². The van der Waals surface area contributed by atoms with E-state index in [0.29, 0.717) is 0 Å². The molecule has 0 spiro atoms. The molecule has 0 bridgehead atoms. The fourth-order valence-electron chi connectivity index (χ4n) is 2.29. The molecule has 8 heteroatoms. The number of hydrogen-bond acceptors (Lipinski definition) is 5. The number of rotatable bonds is 6. The van der Waals surface area contributed by atoms with Gasteiger partial charge in [0.05, 0.1) is 13.2 Å². The number of aliphatic hydroxyl groups is 1. The van der Waals surface area contributed by atoms with E-state index in [9.17, 15) is 13.2 Å². The van der Waals surface area contributed by atoms with Crippen LogP contribution in [-0.4, -0.2) is 49.7 Å². The third-order valence-corrected chi connectivity index (χ3v) is 4.62. The molecule has 1 fully saturated rings. The van der Waals surface area contributed by atoms with Gasteiger partial charge in [0.15, 0.2) is 0 Å². The van der Waals surface area contributed by atoms with Gasteiger partial charge in [0.1, 0.15) is 0 Å². The van der Waals surface area contributed by atoms with Gasteiger partial charge in [-0.1, -0.05) is 19.3 Å². The van der Waals surface area contributed by atoms with Crippen molar-refractivity contribution in [1.82, 2.24) is 9.03 Å². The second-order valence-electron chi connectivity index (χ2n) is 4.45. The lowest BCUT2D eigenvalue weighted by atomic mass is 9.95. The Labute approximate surface area is 114 Å². The Bertz CT molecular complexity index is 379. The highest BCUT2D eigenvalue weighted by molar-refractivity contribution is 7.87. The van der Waals surface area contributed by atoms with Gasteiger partial charge in [0.25, 0.3) is 0 Å². The third kappa shape index (κ3) is 4.96. The van der Waals surface area contributed by atoms with E-state index in [0.717, 1.165) is 32.1 Å². The monoisotopic (exact) mass is 294 g/mol. The minimum Gasteiger partial charge on any atom is -0.449 e. The van der Waals surface area contributed by atoms with Crippen LogP contribution in [0.5, 0.6) is 0 Å². The van der Waals surface area contributed by atoms with Gasteiger partial charge in [0.2, 0.25) is 0 Å². The van der Waals surface area contributed by atoms with Crippen LogP contribution in [0.4, 0.5) is 4.79 Å². The highest BCUT2D eigenvalue weighted by Gasteiger charge is 2.32. The van der Waals surface area contributed by atoms with Crippen LogP contribution in [0, 0.1) is 0 Å². The van der Waals surface area contributed by atoms with Gasteiger partial charge in [-0.05, 0) is 19.8 Å². The fourth-order valence-corrected chi connectivity index (χ4v) is 3.60. The average molecular weight is 294 g/mol. The van der Waals surface area contributed by atoms with E-state index in [1.54, 1.807) is 6.92 Å². The summed E-state index contributed by atoms with van der Waals surface area (Å²) < 4.78 is 31.8. The predicted octanol–water partition coefficient (Wildman–Crippen LogP) is 0.604. The van der Waals surface area contributed by atoms with E-state index >= 15 is 0 Å². The van der Waals surface area contributed by atoms with Gasteiger partial charge in [-0.15, -0.1) is 0 Å². The predicted molar refractivity (Wildman–Crippen MR) is 69.7 cm³/mol. The number of ether oxygens (including phenoxy) is 1. The van der Waals surface area contributed by atoms with Crippen LogP contribution in [0.15, 0.2) is 0 Å². The Morgan fingerprint density at radius 1 is 1.37 bits per heavy atom. The van der Waals surface area contributed by atoms with Crippen LogP contribution in [0.1, 0.15) is 39.0 Å². The lowest BCUT2D eigenvalue weighted by Crippen LogP contribution is -2.50. The summed E-state index contributed by atoms with van der Waals surface area (Å²) in [5, 5.41) is 9.02. The van der Waals surface area contributed by atoms with Crippen molar-refractivity contribution < 1.29 is 23.1 Å². The zero-order valence-corrected chi connectivity index (χ0v) is 12.0. The number of carbonyl (C=O) groups excluding carboxylic acids is 1. The van der Waals surface area contributed by atoms with Crippen LogP contribution in [-0.2, 0) is 14.9 Å². The van der Waals surface area contributed by atoms with Crippen molar-refractivity contribution in [2.24, 2.45) is 0 Å². The van der Waals surface area contributed by atoms with Crippen molar-refractivity contribution in [3.63, 3.8) is 0 Å². The number of amides is 1. The Morgan fingerprint density at radius 2 is 2.00 bits per heavy atom. The minimum absolute atomic E-state index is 0.0145. The first kappa shape index (κ1) is 16.2. The first-order valence-electron chi connectivity index (χ1n) is 6.58. The normalized spacial score (nSPS) is 17.4. The van der Waals surface area contributed by atoms with Crippen molar-refractivity contribution in [2.75, 3.05) is 19.8 Å². The fraction of sp³-hybridized carbons (Fsp3) is 0.909. The Balaban J connectivity index is 2.74. The molecule has 1 aliphatic carbocycles. The van der Waals surface area contributed by atoms with Crippen molar-refractivity contribution in [1.29, 1.82) is 0 Å². The molecule has 0 aromatic heterocycles. The molecule has 0 unspecified atom stereocenters. The molecule has 1 saturated carbocycles. The number of aliphatic hydroxyl groups excluding tert-OH is 1. The molecule has 0 aromatic carbocycles. The summed E-state index contributed by atoms with van der Waals surface area (Å²) in [5.41, 5.74) is 0. The smallest absolute Gasteiger partial charge is 0.421 e. The van der Waals surface area contributed by atoms with E-state index in [1.807, 2.05) is 4.72 Å². The quantitative estimate of drug-likeness (QED) is 0.748. The molecule has 1 amide bonds. The molecule has 112 valence electrons. The van der Waals surface area contributed by atoms with Crippen molar-refractivity contribution in [3.8, 4) is 0 Å². The second kappa shape index (κ2) is 7.66. The number of nitrogens with one attached hydrogen (secondary N) is 1. The van der Waals surface area contributed by atoms with Crippen molar-refractivity contribution in [2.45, 2.75) is 45.1 Å². The summed E-state index contributed by atoms with van der Waals surface area (Å²) in [5.74, 6) is 0. The van der Waals surface area contributed by atoms with Crippen molar-refractivity contribution in [3.05, 3.63) is 0 Å². The van der Waals surface area contributed by atoms with E-state index in [2.05, 4.69) is 4.74 Å². The molecule has 0 aromatic rings. The van der Waals surface area contributed by atoms with E-state index in [4.69, 9.17) is 5.11 Å². The van der Waals surface area contributed by atoms with Gasteiger partial charge < -0.3 is 9.84 Å². The molecule has 0 aliphatic heterocycles. The molecule has 19 heavy (non-hydrogen) atoms. The van der Waals surface area contributed by atoms with Gasteiger partial charge in [-0.3, -0.25) is 0 Å². The van der Waals surface area contributed by atoms with Crippen LogP contribution >= 0.6 is 0 Å². The Kier molecular flexibility index (Phi) is 6.53. The lowest BCUT2D eigenvalue weighted by molar-refractivity contribution is 0.156. The first-order valence-corrected chi connectivity index (χ1v) is 8.02. The largest absolute Gasteiger partial charge is 0.449 e. The molecule has 2 N–H and O–H groups in total. The van der Waals surface area contributed by atoms with E-state index < -0.39 is 16.3 Å². The summed E-state index contributed by atoms with van der Waals surface area (Å²) >= 11 is 0. The summed E-state index contributed by atoms with van der Waals surface area (Å²) in [4.78, 5) is 11.2. The third-order valence-electron chi connectivity index (χ3n) is 3.10. The number of nitrogens with zero attached hydrogens (tertiary/aromatic N) is 1. The molecular weight excluding hydrogens is 272 g/mol. The molecule has 0 heterocycles. The summed E-state index contributed by atoms with van der Waals surface area (Å²) in [6.07, 6.45) is 3.53. The number of carbonyl (C=O) groups is 1. The summed E-state index contributed by atoms with van der Waals surface area (Å²) in [6, 6.07) is -0.159. The Hall–Kier alpha value is -0.860. The molecule has 1 rings (SSSR count). The van der Waals surface area contributed by atoms with Gasteiger partial charge in [-0.25, -0.2) is 9.52 Å². The molecular formula is C11H22N2O5S. The lowest BCUT2D eigenvalue weighted by Gasteiger charge is -2.32. The average Bonchev–Trinajstić information content (AvgIpc) is 2.36. The summed E-state index contributed by atoms with van der Waals surface area (Å²) in [7, 11) is -3.96. The summed E-state index contributed by atoms with van der Waals surface area (Å²) in [6.45, 7) is 1.41. The standard InChI is InChI=1S/C11H22N2O5S/c1-2-18-11(15)12-19(16,17)13(8-9-14)10-6-4-3-5-7-10/h10,14H,2-9H2,1H3,(H,12,15). The molecule has 7 nitrogen and oxygen atoms in total. The SMILES string of the molecule is CCOC(=O)NS(=O)(=O)N(CCO)C1CCCCC1. The molecule has 0 saturated heterocycles. The maximum absolute atomic E-state index is 12.1. The minimum atomic E-state index is -3.96.